The summed E-state index contributed by atoms with van der Waals surface area (Å²) >= 11 is 0. The molecule has 2 N–H and O–H groups in total. The molecule has 0 unspecified atom stereocenters. The number of carbonyl (C=O) groups is 1. The number of nitrogens with one attached hydrogen (secondary N) is 2. The largest absolute Gasteiger partial charge is 0.355 e. The lowest BCUT2D eigenvalue weighted by molar-refractivity contribution is -0.120. The molecule has 118 valence electrons. The molecular formula is C13H26Cl2N4O. The summed E-state index contributed by atoms with van der Waals surface area (Å²) in [6.45, 7) is 8.56. The second-order valence-corrected chi connectivity index (χ2v) is 4.55. The highest BCUT2D eigenvalue weighted by Crippen LogP contribution is 2.12. The Labute approximate surface area is 133 Å². The van der Waals surface area contributed by atoms with Crippen LogP contribution in [-0.4, -0.2) is 35.3 Å². The van der Waals surface area contributed by atoms with Gasteiger partial charge in [0.05, 0.1) is 12.1 Å². The first kappa shape index (κ1) is 21.5. The Kier molecular flexibility index (Phi) is 11.8. The molecule has 0 atom stereocenters. The van der Waals surface area contributed by atoms with E-state index in [1.54, 1.807) is 0 Å². The van der Waals surface area contributed by atoms with Crippen molar-refractivity contribution in [2.45, 2.75) is 33.6 Å². The lowest BCUT2D eigenvalue weighted by atomic mass is 10.1. The Bertz CT molecular complexity index is 407. The molecule has 0 aliphatic carbocycles. The van der Waals surface area contributed by atoms with E-state index in [1.807, 2.05) is 25.6 Å². The molecule has 0 saturated heterocycles. The van der Waals surface area contributed by atoms with Gasteiger partial charge in [-0.05, 0) is 26.8 Å². The van der Waals surface area contributed by atoms with Crippen LogP contribution in [0.3, 0.4) is 0 Å². The van der Waals surface area contributed by atoms with Gasteiger partial charge in [-0.1, -0.05) is 6.92 Å². The zero-order chi connectivity index (χ0) is 13.5. The molecule has 5 nitrogen and oxygen atoms in total. The van der Waals surface area contributed by atoms with Crippen LogP contribution in [0, 0.1) is 13.8 Å². The van der Waals surface area contributed by atoms with Crippen LogP contribution in [0.2, 0.25) is 0 Å². The zero-order valence-electron chi connectivity index (χ0n) is 12.7. The molecule has 0 aliphatic heterocycles. The van der Waals surface area contributed by atoms with Crippen LogP contribution in [0.4, 0.5) is 0 Å². The molecule has 1 aromatic heterocycles. The summed E-state index contributed by atoms with van der Waals surface area (Å²) in [6.07, 6.45) is 1.53. The smallest absolute Gasteiger partial charge is 0.224 e. The summed E-state index contributed by atoms with van der Waals surface area (Å²) < 4.78 is 1.82. The van der Waals surface area contributed by atoms with Crippen LogP contribution in [-0.2, 0) is 18.3 Å². The van der Waals surface area contributed by atoms with Gasteiger partial charge in [-0.2, -0.15) is 5.10 Å². The van der Waals surface area contributed by atoms with Crippen LogP contribution < -0.4 is 10.6 Å². The van der Waals surface area contributed by atoms with Gasteiger partial charge in [0.2, 0.25) is 5.91 Å². The minimum atomic E-state index is 0. The van der Waals surface area contributed by atoms with E-state index in [-0.39, 0.29) is 30.7 Å². The highest BCUT2D eigenvalue weighted by Gasteiger charge is 2.12. The molecule has 7 heteroatoms. The van der Waals surface area contributed by atoms with E-state index >= 15 is 0 Å². The first-order valence-corrected chi connectivity index (χ1v) is 6.52. The maximum absolute atomic E-state index is 11.8. The number of amides is 1. The van der Waals surface area contributed by atoms with Gasteiger partial charge in [-0.25, -0.2) is 0 Å². The quantitative estimate of drug-likeness (QED) is 0.748. The van der Waals surface area contributed by atoms with Crippen molar-refractivity contribution in [1.82, 2.24) is 20.4 Å². The maximum Gasteiger partial charge on any atom is 0.224 e. The van der Waals surface area contributed by atoms with Crippen LogP contribution in [0.25, 0.3) is 0 Å². The molecule has 0 radical (unpaired) electrons. The standard InChI is InChI=1S/C13H24N4O.2ClH/c1-5-6-14-7-8-15-13(18)9-12-10(2)16-17(4)11(12)3;;/h14H,5-9H2,1-4H3,(H,15,18);2*1H. The van der Waals surface area contributed by atoms with E-state index in [0.29, 0.717) is 13.0 Å². The highest BCUT2D eigenvalue weighted by atomic mass is 35.5. The van der Waals surface area contributed by atoms with Crippen LogP contribution in [0.5, 0.6) is 0 Å². The number of aromatic nitrogens is 2. The summed E-state index contributed by atoms with van der Waals surface area (Å²) in [5.74, 6) is 0.0625. The summed E-state index contributed by atoms with van der Waals surface area (Å²) in [6, 6.07) is 0. The first-order chi connectivity index (χ1) is 8.56. The number of halogens is 2. The predicted octanol–water partition coefficient (Wildman–Crippen LogP) is 1.54. The lowest BCUT2D eigenvalue weighted by Gasteiger charge is -2.06. The van der Waals surface area contributed by atoms with E-state index in [9.17, 15) is 4.79 Å². The Hall–Kier alpha value is -0.780. The van der Waals surface area contributed by atoms with Crippen molar-refractivity contribution in [2.24, 2.45) is 7.05 Å². The monoisotopic (exact) mass is 324 g/mol. The summed E-state index contributed by atoms with van der Waals surface area (Å²) in [5.41, 5.74) is 3.04. The van der Waals surface area contributed by atoms with Crippen molar-refractivity contribution in [1.29, 1.82) is 0 Å². The number of rotatable bonds is 7. The third kappa shape index (κ3) is 6.59. The van der Waals surface area contributed by atoms with E-state index < -0.39 is 0 Å². The van der Waals surface area contributed by atoms with Gasteiger partial charge in [-0.3, -0.25) is 9.48 Å². The molecule has 0 fully saturated rings. The fraction of sp³-hybridized carbons (Fsp3) is 0.692. The molecular weight excluding hydrogens is 299 g/mol. The average molecular weight is 325 g/mol. The van der Waals surface area contributed by atoms with Gasteiger partial charge in [-0.15, -0.1) is 24.8 Å². The van der Waals surface area contributed by atoms with Crippen LogP contribution >= 0.6 is 24.8 Å². The van der Waals surface area contributed by atoms with Crippen molar-refractivity contribution in [3.63, 3.8) is 0 Å². The molecule has 0 spiro atoms. The van der Waals surface area contributed by atoms with Crippen LogP contribution in [0.15, 0.2) is 0 Å². The number of aryl methyl sites for hydroxylation is 2. The zero-order valence-corrected chi connectivity index (χ0v) is 14.3. The van der Waals surface area contributed by atoms with Crippen LogP contribution in [0.1, 0.15) is 30.3 Å². The summed E-state index contributed by atoms with van der Waals surface area (Å²) in [5, 5.41) is 10.5. The SMILES string of the molecule is CCCNCCNC(=O)Cc1c(C)nn(C)c1C.Cl.Cl. The van der Waals surface area contributed by atoms with Gasteiger partial charge in [0.15, 0.2) is 0 Å². The van der Waals surface area contributed by atoms with Gasteiger partial charge >= 0.3 is 0 Å². The molecule has 0 aromatic carbocycles. The molecule has 1 aromatic rings. The van der Waals surface area contributed by atoms with Gasteiger partial charge in [0, 0.05) is 31.4 Å². The highest BCUT2D eigenvalue weighted by molar-refractivity contribution is 5.85. The second kappa shape index (κ2) is 10.9. The van der Waals surface area contributed by atoms with Crippen molar-refractivity contribution in [3.8, 4) is 0 Å². The molecule has 20 heavy (non-hydrogen) atoms. The molecule has 0 saturated carbocycles. The van der Waals surface area contributed by atoms with E-state index in [1.165, 1.54) is 0 Å². The number of hydrogen-bond acceptors (Lipinski definition) is 3. The third-order valence-corrected chi connectivity index (χ3v) is 3.05. The Morgan fingerprint density at radius 2 is 1.85 bits per heavy atom. The fourth-order valence-corrected chi connectivity index (χ4v) is 1.89. The average Bonchev–Trinajstić information content (AvgIpc) is 2.56. The third-order valence-electron chi connectivity index (χ3n) is 3.05. The molecule has 1 rings (SSSR count). The fourth-order valence-electron chi connectivity index (χ4n) is 1.89. The maximum atomic E-state index is 11.8. The van der Waals surface area contributed by atoms with Gasteiger partial charge < -0.3 is 10.6 Å². The molecule has 0 bridgehead atoms. The van der Waals surface area contributed by atoms with Gasteiger partial charge in [0.1, 0.15) is 0 Å². The first-order valence-electron chi connectivity index (χ1n) is 6.52. The van der Waals surface area contributed by atoms with Crippen molar-refractivity contribution >= 4 is 30.7 Å². The van der Waals surface area contributed by atoms with Crippen molar-refractivity contribution in [3.05, 3.63) is 17.0 Å². The normalized spacial score (nSPS) is 9.60. The lowest BCUT2D eigenvalue weighted by Crippen LogP contribution is -2.33. The summed E-state index contributed by atoms with van der Waals surface area (Å²) in [7, 11) is 1.90. The number of nitrogens with zero attached hydrogens (tertiary/aromatic N) is 2. The van der Waals surface area contributed by atoms with E-state index in [4.69, 9.17) is 0 Å². The summed E-state index contributed by atoms with van der Waals surface area (Å²) in [4.78, 5) is 11.8. The second-order valence-electron chi connectivity index (χ2n) is 4.55. The predicted molar refractivity (Wildman–Crippen MR) is 87.1 cm³/mol. The molecule has 0 aliphatic rings. The molecule has 1 heterocycles. The minimum Gasteiger partial charge on any atom is -0.355 e. The van der Waals surface area contributed by atoms with E-state index in [2.05, 4.69) is 22.7 Å². The Morgan fingerprint density at radius 3 is 2.35 bits per heavy atom. The number of carbonyl (C=O) groups excluding carboxylic acids is 1. The van der Waals surface area contributed by atoms with Crippen molar-refractivity contribution < 1.29 is 4.79 Å². The minimum absolute atomic E-state index is 0. The Balaban J connectivity index is 0. The van der Waals surface area contributed by atoms with E-state index in [0.717, 1.165) is 36.5 Å². The number of hydrogen-bond donors (Lipinski definition) is 2. The molecule has 1 amide bonds. The van der Waals surface area contributed by atoms with Crippen molar-refractivity contribution in [2.75, 3.05) is 19.6 Å². The Morgan fingerprint density at radius 1 is 1.20 bits per heavy atom. The van der Waals surface area contributed by atoms with Gasteiger partial charge in [0.25, 0.3) is 0 Å². The topological polar surface area (TPSA) is 58.9 Å².